The molecule has 4 aliphatic rings. The lowest BCUT2D eigenvalue weighted by Crippen LogP contribution is -2.46. The highest BCUT2D eigenvalue weighted by Crippen LogP contribution is 2.61. The zero-order valence-electron chi connectivity index (χ0n) is 12.9. The first-order valence-electron chi connectivity index (χ1n) is 8.51. The Morgan fingerprint density at radius 3 is 2.36 bits per heavy atom. The van der Waals surface area contributed by atoms with Crippen molar-refractivity contribution in [2.45, 2.75) is 51.6 Å². The molecule has 4 bridgehead atoms. The molecule has 0 aliphatic heterocycles. The third-order valence-electron chi connectivity index (χ3n) is 6.09. The van der Waals surface area contributed by atoms with Gasteiger partial charge in [-0.3, -0.25) is 4.79 Å². The van der Waals surface area contributed by atoms with Gasteiger partial charge in [-0.15, -0.1) is 0 Å². The summed E-state index contributed by atoms with van der Waals surface area (Å²) in [5, 5.41) is 8.98. The van der Waals surface area contributed by atoms with Crippen LogP contribution < -0.4 is 10.2 Å². The number of hydrogen-bond acceptors (Lipinski definition) is 4. The van der Waals surface area contributed by atoms with Gasteiger partial charge in [-0.1, -0.05) is 0 Å². The van der Waals surface area contributed by atoms with E-state index in [4.69, 9.17) is 14.3 Å². The highest BCUT2D eigenvalue weighted by molar-refractivity contribution is 5.13. The van der Waals surface area contributed by atoms with Crippen LogP contribution in [0.15, 0.2) is 21.5 Å². The molecule has 1 aromatic heterocycles. The van der Waals surface area contributed by atoms with Crippen molar-refractivity contribution in [2.24, 2.45) is 23.2 Å². The number of hydrogen-bond donors (Lipinski definition) is 1. The molecule has 120 valence electrons. The third kappa shape index (κ3) is 2.58. The van der Waals surface area contributed by atoms with Crippen LogP contribution >= 0.6 is 0 Å². The summed E-state index contributed by atoms with van der Waals surface area (Å²) in [6.07, 6.45) is 10.8. The average Bonchev–Trinajstić information content (AvgIpc) is 2.46. The minimum atomic E-state index is -0.296. The van der Waals surface area contributed by atoms with Crippen LogP contribution in [0.4, 0.5) is 0 Å². The van der Waals surface area contributed by atoms with Gasteiger partial charge in [-0.05, 0) is 68.1 Å². The lowest BCUT2D eigenvalue weighted by molar-refractivity contribution is -0.0631. The topological polar surface area (TPSA) is 59.7 Å². The van der Waals surface area contributed by atoms with Gasteiger partial charge in [0.15, 0.2) is 5.43 Å². The van der Waals surface area contributed by atoms with Gasteiger partial charge in [-0.2, -0.15) is 0 Å². The van der Waals surface area contributed by atoms with Crippen LogP contribution in [0.5, 0.6) is 5.95 Å². The van der Waals surface area contributed by atoms with Gasteiger partial charge in [0.2, 0.25) is 0 Å². The normalized spacial score (nSPS) is 35.8. The molecule has 0 amide bonds. The summed E-state index contributed by atoms with van der Waals surface area (Å²) in [6.45, 7) is 0.323. The van der Waals surface area contributed by atoms with Crippen molar-refractivity contribution in [1.82, 2.24) is 0 Å². The molecule has 1 N–H and O–H groups in total. The molecule has 0 spiro atoms. The van der Waals surface area contributed by atoms with Crippen molar-refractivity contribution in [2.75, 3.05) is 6.61 Å². The molecular formula is C18H24O4. The van der Waals surface area contributed by atoms with E-state index in [2.05, 4.69) is 0 Å². The Hall–Kier alpha value is -1.29. The van der Waals surface area contributed by atoms with Gasteiger partial charge in [0.25, 0.3) is 5.95 Å². The molecule has 0 unspecified atom stereocenters. The third-order valence-corrected chi connectivity index (χ3v) is 6.09. The molecule has 1 heterocycles. The summed E-state index contributed by atoms with van der Waals surface area (Å²) in [7, 11) is 0. The lowest BCUT2D eigenvalue weighted by Gasteiger charge is -2.57. The van der Waals surface area contributed by atoms with Crippen molar-refractivity contribution < 1.29 is 14.3 Å². The number of aliphatic hydroxyl groups excluding tert-OH is 1. The molecule has 0 atom stereocenters. The minimum absolute atomic E-state index is 0.224. The van der Waals surface area contributed by atoms with Gasteiger partial charge < -0.3 is 14.3 Å². The van der Waals surface area contributed by atoms with Crippen LogP contribution in [0.25, 0.3) is 0 Å². The SMILES string of the molecule is O=c1cc(OCCC23CC4CC(CC(C4)C2)C3)occ1CO. The van der Waals surface area contributed by atoms with Crippen LogP contribution in [0.2, 0.25) is 0 Å². The average molecular weight is 304 g/mol. The maximum absolute atomic E-state index is 11.7. The van der Waals surface area contributed by atoms with E-state index in [1.54, 1.807) is 0 Å². The van der Waals surface area contributed by atoms with Crippen molar-refractivity contribution in [3.05, 3.63) is 28.1 Å². The Balaban J connectivity index is 1.37. The molecule has 1 aromatic rings. The fourth-order valence-corrected chi connectivity index (χ4v) is 5.58. The first kappa shape index (κ1) is 14.3. The summed E-state index contributed by atoms with van der Waals surface area (Å²) in [5.74, 6) is 3.13. The first-order chi connectivity index (χ1) is 10.7. The zero-order chi connectivity index (χ0) is 15.2. The monoisotopic (exact) mass is 304 g/mol. The number of rotatable bonds is 5. The fourth-order valence-electron chi connectivity index (χ4n) is 5.58. The molecule has 4 saturated carbocycles. The van der Waals surface area contributed by atoms with Crippen molar-refractivity contribution in [1.29, 1.82) is 0 Å². The van der Waals surface area contributed by atoms with E-state index in [1.807, 2.05) is 0 Å². The minimum Gasteiger partial charge on any atom is -0.465 e. The van der Waals surface area contributed by atoms with Crippen LogP contribution in [0.1, 0.15) is 50.5 Å². The molecule has 4 aliphatic carbocycles. The summed E-state index contributed by atoms with van der Waals surface area (Å²) in [4.78, 5) is 11.7. The molecular weight excluding hydrogens is 280 g/mol. The Bertz CT molecular complexity index is 568. The van der Waals surface area contributed by atoms with Crippen molar-refractivity contribution >= 4 is 0 Å². The molecule has 0 radical (unpaired) electrons. The second-order valence-electron chi connectivity index (χ2n) is 7.76. The van der Waals surface area contributed by atoms with Gasteiger partial charge in [-0.25, -0.2) is 0 Å². The quantitative estimate of drug-likeness (QED) is 0.908. The van der Waals surface area contributed by atoms with Gasteiger partial charge in [0, 0.05) is 0 Å². The van der Waals surface area contributed by atoms with Crippen LogP contribution in [0.3, 0.4) is 0 Å². The number of ether oxygens (including phenoxy) is 1. The zero-order valence-corrected chi connectivity index (χ0v) is 12.9. The largest absolute Gasteiger partial charge is 0.465 e. The summed E-state index contributed by atoms with van der Waals surface area (Å²) >= 11 is 0. The summed E-state index contributed by atoms with van der Waals surface area (Å²) in [5.41, 5.74) is 0.534. The van der Waals surface area contributed by atoms with Gasteiger partial charge in [0.1, 0.15) is 6.26 Å². The van der Waals surface area contributed by atoms with E-state index in [1.165, 1.54) is 50.9 Å². The molecule has 4 fully saturated rings. The maximum Gasteiger partial charge on any atom is 0.288 e. The Morgan fingerprint density at radius 2 is 1.82 bits per heavy atom. The van der Waals surface area contributed by atoms with Gasteiger partial charge in [0.05, 0.1) is 24.8 Å². The Morgan fingerprint density at radius 1 is 1.18 bits per heavy atom. The second-order valence-corrected chi connectivity index (χ2v) is 7.76. The van der Waals surface area contributed by atoms with Crippen LogP contribution in [-0.4, -0.2) is 11.7 Å². The smallest absolute Gasteiger partial charge is 0.288 e. The highest BCUT2D eigenvalue weighted by atomic mass is 16.6. The van der Waals surface area contributed by atoms with Gasteiger partial charge >= 0.3 is 0 Å². The standard InChI is InChI=1S/C18H24O4/c19-10-15-11-22-17(6-16(15)20)21-2-1-18-7-12-3-13(8-18)5-14(4-12)9-18/h6,11-14,19H,1-5,7-10H2. The molecule has 4 nitrogen and oxygen atoms in total. The maximum atomic E-state index is 11.7. The van der Waals surface area contributed by atoms with E-state index in [9.17, 15) is 4.79 Å². The Kier molecular flexibility index (Phi) is 3.52. The molecule has 0 saturated heterocycles. The summed E-state index contributed by atoms with van der Waals surface area (Å²) in [6, 6.07) is 1.34. The van der Waals surface area contributed by atoms with E-state index in [-0.39, 0.29) is 23.5 Å². The van der Waals surface area contributed by atoms with E-state index in [0.717, 1.165) is 24.2 Å². The van der Waals surface area contributed by atoms with E-state index in [0.29, 0.717) is 12.0 Å². The molecule has 4 heteroatoms. The van der Waals surface area contributed by atoms with Crippen molar-refractivity contribution in [3.63, 3.8) is 0 Å². The van der Waals surface area contributed by atoms with E-state index >= 15 is 0 Å². The first-order valence-corrected chi connectivity index (χ1v) is 8.51. The van der Waals surface area contributed by atoms with Crippen LogP contribution in [-0.2, 0) is 6.61 Å². The lowest BCUT2D eigenvalue weighted by atomic mass is 9.49. The van der Waals surface area contributed by atoms with E-state index < -0.39 is 0 Å². The predicted octanol–water partition coefficient (Wildman–Crippen LogP) is 3.12. The highest BCUT2D eigenvalue weighted by Gasteiger charge is 2.50. The molecule has 22 heavy (non-hydrogen) atoms. The number of aliphatic hydroxyl groups is 1. The van der Waals surface area contributed by atoms with Crippen LogP contribution in [0, 0.1) is 23.2 Å². The summed E-state index contributed by atoms with van der Waals surface area (Å²) < 4.78 is 10.9. The second kappa shape index (κ2) is 5.41. The molecule has 5 rings (SSSR count). The Labute approximate surface area is 130 Å². The molecule has 0 aromatic carbocycles. The predicted molar refractivity (Wildman–Crippen MR) is 81.6 cm³/mol. The fraction of sp³-hybridized carbons (Fsp3) is 0.722. The van der Waals surface area contributed by atoms with Crippen molar-refractivity contribution in [3.8, 4) is 5.95 Å².